The van der Waals surface area contributed by atoms with Gasteiger partial charge >= 0.3 is 0 Å². The number of hydrogen-bond donors (Lipinski definition) is 1. The van der Waals surface area contributed by atoms with Crippen LogP contribution in [0.5, 0.6) is 0 Å². The lowest BCUT2D eigenvalue weighted by molar-refractivity contribution is 0.391. The van der Waals surface area contributed by atoms with Gasteiger partial charge in [0, 0.05) is 11.0 Å². The molecule has 2 rings (SSSR count). The first-order valence-electron chi connectivity index (χ1n) is 6.26. The highest BCUT2D eigenvalue weighted by atomic mass is 14.8. The lowest BCUT2D eigenvalue weighted by Crippen LogP contribution is -2.45. The van der Waals surface area contributed by atoms with Crippen molar-refractivity contribution < 1.29 is 0 Å². The largest absolute Gasteiger partial charge is 0.325 e. The van der Waals surface area contributed by atoms with E-state index in [0.717, 1.165) is 0 Å². The maximum atomic E-state index is 6.31. The normalized spacial score (nSPS) is 18.9. The average molecular weight is 217 g/mol. The van der Waals surface area contributed by atoms with Crippen molar-refractivity contribution >= 4 is 0 Å². The first kappa shape index (κ1) is 11.7. The van der Waals surface area contributed by atoms with Crippen LogP contribution in [-0.4, -0.2) is 5.54 Å². The molecule has 16 heavy (non-hydrogen) atoms. The molecule has 1 nitrogen and oxygen atoms in total. The maximum Gasteiger partial charge on any atom is 0.0195 e. The smallest absolute Gasteiger partial charge is 0.0195 e. The number of benzene rings is 1. The van der Waals surface area contributed by atoms with Crippen molar-refractivity contribution in [1.82, 2.24) is 0 Å². The predicted octanol–water partition coefficient (Wildman–Crippen LogP) is 3.58. The Kier molecular flexibility index (Phi) is 2.62. The van der Waals surface area contributed by atoms with Crippen LogP contribution < -0.4 is 5.73 Å². The Morgan fingerprint density at radius 1 is 1.12 bits per heavy atom. The topological polar surface area (TPSA) is 26.0 Å². The lowest BCUT2D eigenvalue weighted by Gasteiger charge is -2.31. The van der Waals surface area contributed by atoms with E-state index in [-0.39, 0.29) is 11.0 Å². The van der Waals surface area contributed by atoms with Crippen molar-refractivity contribution in [1.29, 1.82) is 0 Å². The van der Waals surface area contributed by atoms with Gasteiger partial charge in [0.2, 0.25) is 0 Å². The molecule has 1 saturated carbocycles. The zero-order valence-electron chi connectivity index (χ0n) is 10.9. The Hall–Kier alpha value is -0.820. The van der Waals surface area contributed by atoms with Crippen molar-refractivity contribution in [3.8, 4) is 0 Å². The van der Waals surface area contributed by atoms with Gasteiger partial charge in [-0.15, -0.1) is 0 Å². The summed E-state index contributed by atoms with van der Waals surface area (Å²) in [5.41, 5.74) is 9.27. The molecular weight excluding hydrogens is 194 g/mol. The minimum Gasteiger partial charge on any atom is -0.325 e. The minimum atomic E-state index is -0.105. The van der Waals surface area contributed by atoms with Crippen molar-refractivity contribution in [2.24, 2.45) is 5.73 Å². The summed E-state index contributed by atoms with van der Waals surface area (Å²) < 4.78 is 0. The zero-order valence-corrected chi connectivity index (χ0v) is 10.9. The van der Waals surface area contributed by atoms with Crippen LogP contribution in [0.3, 0.4) is 0 Å². The molecule has 0 saturated heterocycles. The highest BCUT2D eigenvalue weighted by molar-refractivity contribution is 5.38. The summed E-state index contributed by atoms with van der Waals surface area (Å²) in [5.74, 6) is 0.607. The Balaban J connectivity index is 2.29. The first-order valence-corrected chi connectivity index (χ1v) is 6.26. The molecular formula is C15H23N. The fourth-order valence-electron chi connectivity index (χ4n) is 2.62. The van der Waals surface area contributed by atoms with Crippen LogP contribution in [-0.2, 0) is 5.41 Å². The van der Waals surface area contributed by atoms with E-state index in [4.69, 9.17) is 5.73 Å². The Labute approximate surface area is 99.0 Å². The highest BCUT2D eigenvalue weighted by Crippen LogP contribution is 2.54. The van der Waals surface area contributed by atoms with E-state index in [9.17, 15) is 0 Å². The van der Waals surface area contributed by atoms with E-state index in [1.165, 1.54) is 24.0 Å². The predicted molar refractivity (Wildman–Crippen MR) is 69.7 cm³/mol. The summed E-state index contributed by atoms with van der Waals surface area (Å²) in [7, 11) is 0. The van der Waals surface area contributed by atoms with Crippen molar-refractivity contribution in [2.75, 3.05) is 0 Å². The Morgan fingerprint density at radius 2 is 1.62 bits per heavy atom. The number of nitrogens with two attached hydrogens (primary N) is 1. The van der Waals surface area contributed by atoms with E-state index >= 15 is 0 Å². The van der Waals surface area contributed by atoms with Gasteiger partial charge in [-0.3, -0.25) is 0 Å². The summed E-state index contributed by atoms with van der Waals surface area (Å²) in [6.45, 7) is 8.76. The third-order valence-corrected chi connectivity index (χ3v) is 4.11. The molecule has 1 fully saturated rings. The Morgan fingerprint density at radius 3 is 1.94 bits per heavy atom. The van der Waals surface area contributed by atoms with Crippen LogP contribution in [0.4, 0.5) is 0 Å². The van der Waals surface area contributed by atoms with E-state index in [1.54, 1.807) is 0 Å². The molecule has 0 spiro atoms. The minimum absolute atomic E-state index is 0.105. The van der Waals surface area contributed by atoms with Crippen molar-refractivity contribution in [2.45, 2.75) is 57.4 Å². The van der Waals surface area contributed by atoms with Crippen molar-refractivity contribution in [3.63, 3.8) is 0 Å². The molecule has 2 N–H and O–H groups in total. The molecule has 0 unspecified atom stereocenters. The van der Waals surface area contributed by atoms with Crippen LogP contribution in [0.15, 0.2) is 24.3 Å². The average Bonchev–Trinajstić information content (AvgIpc) is 2.97. The Bertz CT molecular complexity index is 363. The molecule has 0 heterocycles. The molecule has 0 bridgehead atoms. The molecule has 1 aromatic rings. The quantitative estimate of drug-likeness (QED) is 0.823. The molecule has 0 aliphatic heterocycles. The lowest BCUT2D eigenvalue weighted by atomic mass is 9.79. The van der Waals surface area contributed by atoms with Crippen molar-refractivity contribution in [3.05, 3.63) is 35.4 Å². The van der Waals surface area contributed by atoms with Crippen LogP contribution in [0, 0.1) is 0 Å². The van der Waals surface area contributed by atoms with Gasteiger partial charge < -0.3 is 5.73 Å². The van der Waals surface area contributed by atoms with Gasteiger partial charge in [0.05, 0.1) is 0 Å². The van der Waals surface area contributed by atoms with Gasteiger partial charge in [0.1, 0.15) is 0 Å². The van der Waals surface area contributed by atoms with Crippen LogP contribution >= 0.6 is 0 Å². The summed E-state index contributed by atoms with van der Waals surface area (Å²) in [4.78, 5) is 0. The second-order valence-corrected chi connectivity index (χ2v) is 6.08. The second-order valence-electron chi connectivity index (χ2n) is 6.08. The maximum absolute atomic E-state index is 6.31. The molecule has 0 radical (unpaired) electrons. The third-order valence-electron chi connectivity index (χ3n) is 4.11. The van der Waals surface area contributed by atoms with E-state index < -0.39 is 0 Å². The standard InChI is InChI=1S/C15H23N/c1-11(2)12-5-7-13(8-6-12)15(9-10-15)14(3,4)16/h5-8,11H,9-10,16H2,1-4H3. The van der Waals surface area contributed by atoms with Crippen LogP contribution in [0.1, 0.15) is 57.6 Å². The third kappa shape index (κ3) is 1.78. The van der Waals surface area contributed by atoms with Gasteiger partial charge in [-0.05, 0) is 43.7 Å². The number of rotatable bonds is 3. The molecule has 88 valence electrons. The van der Waals surface area contributed by atoms with Gasteiger partial charge in [-0.25, -0.2) is 0 Å². The van der Waals surface area contributed by atoms with Gasteiger partial charge in [-0.2, -0.15) is 0 Å². The SMILES string of the molecule is CC(C)c1ccc(C2(C(C)(C)N)CC2)cc1. The molecule has 1 aliphatic rings. The highest BCUT2D eigenvalue weighted by Gasteiger charge is 2.53. The molecule has 1 heteroatoms. The summed E-state index contributed by atoms with van der Waals surface area (Å²) in [6, 6.07) is 9.06. The second kappa shape index (κ2) is 3.59. The van der Waals surface area contributed by atoms with Gasteiger partial charge in [0.15, 0.2) is 0 Å². The summed E-state index contributed by atoms with van der Waals surface area (Å²) in [5, 5.41) is 0. The van der Waals surface area contributed by atoms with Crippen LogP contribution in [0.2, 0.25) is 0 Å². The monoisotopic (exact) mass is 217 g/mol. The van der Waals surface area contributed by atoms with Crippen LogP contribution in [0.25, 0.3) is 0 Å². The van der Waals surface area contributed by atoms with E-state index in [1.807, 2.05) is 0 Å². The molecule has 0 amide bonds. The van der Waals surface area contributed by atoms with Gasteiger partial charge in [-0.1, -0.05) is 38.1 Å². The van der Waals surface area contributed by atoms with E-state index in [0.29, 0.717) is 5.92 Å². The summed E-state index contributed by atoms with van der Waals surface area (Å²) >= 11 is 0. The molecule has 0 aromatic heterocycles. The zero-order chi connectivity index (χ0) is 12.0. The number of hydrogen-bond acceptors (Lipinski definition) is 1. The molecule has 1 aliphatic carbocycles. The van der Waals surface area contributed by atoms with Gasteiger partial charge in [0.25, 0.3) is 0 Å². The molecule has 0 atom stereocenters. The molecule has 1 aromatic carbocycles. The summed E-state index contributed by atoms with van der Waals surface area (Å²) in [6.07, 6.45) is 2.47. The fraction of sp³-hybridized carbons (Fsp3) is 0.600. The fourth-order valence-corrected chi connectivity index (χ4v) is 2.62. The van der Waals surface area contributed by atoms with E-state index in [2.05, 4.69) is 52.0 Å². The first-order chi connectivity index (χ1) is 7.37.